The molecule has 1 saturated heterocycles. The van der Waals surface area contributed by atoms with Gasteiger partial charge in [0.2, 0.25) is 15.9 Å². The minimum absolute atomic E-state index is 0.0276. The molecule has 2 N–H and O–H groups in total. The smallest absolute Gasteiger partial charge is 0.246 e. The Morgan fingerprint density at radius 1 is 1.19 bits per heavy atom. The van der Waals surface area contributed by atoms with Crippen LogP contribution in [0.5, 0.6) is 5.75 Å². The molecule has 0 spiro atoms. The number of carbonyl (C=O) groups is 1. The molecule has 1 aliphatic rings. The quantitative estimate of drug-likeness (QED) is 0.596. The lowest BCUT2D eigenvalue weighted by Crippen LogP contribution is -2.36. The molecule has 0 atom stereocenters. The van der Waals surface area contributed by atoms with E-state index >= 15 is 0 Å². The Balaban J connectivity index is 1.73. The SMILES string of the molecule is COc1ccc(NC(=O)CNc2cc(Cl)ccc2N2CCOCC2)cc1S(=O)(=O)N(C)C. The van der Waals surface area contributed by atoms with Crippen molar-refractivity contribution in [3.05, 3.63) is 41.4 Å². The van der Waals surface area contributed by atoms with Gasteiger partial charge in [-0.1, -0.05) is 11.6 Å². The summed E-state index contributed by atoms with van der Waals surface area (Å²) in [7, 11) is 0.510. The number of carbonyl (C=O) groups excluding carboxylic acids is 1. The normalized spacial score (nSPS) is 14.3. The molecule has 0 unspecified atom stereocenters. The average Bonchev–Trinajstić information content (AvgIpc) is 2.78. The molecule has 3 rings (SSSR count). The highest BCUT2D eigenvalue weighted by atomic mass is 35.5. The molecule has 11 heteroatoms. The van der Waals surface area contributed by atoms with Crippen LogP contribution in [-0.4, -0.2) is 72.7 Å². The van der Waals surface area contributed by atoms with E-state index in [-0.39, 0.29) is 23.1 Å². The zero-order valence-corrected chi connectivity index (χ0v) is 19.8. The Morgan fingerprint density at radius 3 is 2.56 bits per heavy atom. The maximum atomic E-state index is 12.6. The van der Waals surface area contributed by atoms with E-state index in [0.717, 1.165) is 28.8 Å². The van der Waals surface area contributed by atoms with Crippen LogP contribution >= 0.6 is 11.6 Å². The molecule has 1 amide bonds. The van der Waals surface area contributed by atoms with E-state index in [4.69, 9.17) is 21.1 Å². The number of hydrogen-bond donors (Lipinski definition) is 2. The summed E-state index contributed by atoms with van der Waals surface area (Å²) >= 11 is 6.16. The van der Waals surface area contributed by atoms with Gasteiger partial charge in [-0.3, -0.25) is 4.79 Å². The lowest BCUT2D eigenvalue weighted by atomic mass is 10.2. The summed E-state index contributed by atoms with van der Waals surface area (Å²) in [5.41, 5.74) is 2.02. The zero-order valence-electron chi connectivity index (χ0n) is 18.2. The van der Waals surface area contributed by atoms with Crippen molar-refractivity contribution in [2.75, 3.05) is 69.6 Å². The molecule has 1 aliphatic heterocycles. The van der Waals surface area contributed by atoms with Gasteiger partial charge in [-0.15, -0.1) is 0 Å². The summed E-state index contributed by atoms with van der Waals surface area (Å²) in [6, 6.07) is 9.97. The summed E-state index contributed by atoms with van der Waals surface area (Å²) in [6.07, 6.45) is 0. The number of amides is 1. The highest BCUT2D eigenvalue weighted by Crippen LogP contribution is 2.31. The van der Waals surface area contributed by atoms with Crippen molar-refractivity contribution >= 4 is 44.6 Å². The summed E-state index contributed by atoms with van der Waals surface area (Å²) < 4.78 is 36.8. The van der Waals surface area contributed by atoms with Gasteiger partial charge in [0, 0.05) is 37.9 Å². The average molecular weight is 483 g/mol. The van der Waals surface area contributed by atoms with E-state index in [0.29, 0.717) is 23.9 Å². The Bertz CT molecular complexity index is 1070. The van der Waals surface area contributed by atoms with Crippen LogP contribution in [0, 0.1) is 0 Å². The number of ether oxygens (including phenoxy) is 2. The van der Waals surface area contributed by atoms with Crippen molar-refractivity contribution in [2.24, 2.45) is 0 Å². The number of nitrogens with one attached hydrogen (secondary N) is 2. The minimum Gasteiger partial charge on any atom is -0.495 e. The van der Waals surface area contributed by atoms with Gasteiger partial charge in [0.1, 0.15) is 10.6 Å². The molecular formula is C21H27ClN4O5S. The van der Waals surface area contributed by atoms with Crippen molar-refractivity contribution in [3.8, 4) is 5.75 Å². The third-order valence-electron chi connectivity index (χ3n) is 4.96. The first-order valence-corrected chi connectivity index (χ1v) is 11.8. The third kappa shape index (κ3) is 5.63. The number of benzene rings is 2. The Hall–Kier alpha value is -2.53. The fourth-order valence-corrected chi connectivity index (χ4v) is 4.51. The molecule has 1 fully saturated rings. The second-order valence-corrected chi connectivity index (χ2v) is 9.87. The van der Waals surface area contributed by atoms with Gasteiger partial charge in [0.05, 0.1) is 38.2 Å². The molecule has 0 aliphatic carbocycles. The second-order valence-electron chi connectivity index (χ2n) is 7.32. The monoisotopic (exact) mass is 482 g/mol. The van der Waals surface area contributed by atoms with E-state index in [9.17, 15) is 13.2 Å². The minimum atomic E-state index is -3.75. The molecular weight excluding hydrogens is 456 g/mol. The number of anilines is 3. The van der Waals surface area contributed by atoms with E-state index in [1.165, 1.54) is 33.3 Å². The number of methoxy groups -OCH3 is 1. The number of hydrogen-bond acceptors (Lipinski definition) is 7. The topological polar surface area (TPSA) is 100 Å². The van der Waals surface area contributed by atoms with Gasteiger partial charge in [0.25, 0.3) is 0 Å². The predicted octanol–water partition coefficient (Wildman–Crippen LogP) is 2.49. The molecule has 32 heavy (non-hydrogen) atoms. The maximum Gasteiger partial charge on any atom is 0.246 e. The summed E-state index contributed by atoms with van der Waals surface area (Å²) in [5, 5.41) is 6.40. The first-order chi connectivity index (χ1) is 15.2. The van der Waals surface area contributed by atoms with Crippen LogP contribution < -0.4 is 20.3 Å². The van der Waals surface area contributed by atoms with Gasteiger partial charge in [-0.2, -0.15) is 0 Å². The molecule has 0 aromatic heterocycles. The molecule has 1 heterocycles. The molecule has 2 aromatic rings. The van der Waals surface area contributed by atoms with Gasteiger partial charge < -0.3 is 25.0 Å². The van der Waals surface area contributed by atoms with Crippen LogP contribution in [0.4, 0.5) is 17.1 Å². The molecule has 0 bridgehead atoms. The first-order valence-electron chi connectivity index (χ1n) is 9.99. The molecule has 0 radical (unpaired) electrons. The first kappa shape index (κ1) is 24.1. The van der Waals surface area contributed by atoms with Crippen LogP contribution in [0.15, 0.2) is 41.3 Å². The highest BCUT2D eigenvalue weighted by Gasteiger charge is 2.23. The van der Waals surface area contributed by atoms with Gasteiger partial charge in [0.15, 0.2) is 0 Å². The van der Waals surface area contributed by atoms with Crippen LogP contribution in [-0.2, 0) is 19.6 Å². The van der Waals surface area contributed by atoms with Crippen molar-refractivity contribution in [2.45, 2.75) is 4.90 Å². The summed E-state index contributed by atoms with van der Waals surface area (Å²) in [4.78, 5) is 14.7. The number of sulfonamides is 1. The highest BCUT2D eigenvalue weighted by molar-refractivity contribution is 7.89. The lowest BCUT2D eigenvalue weighted by molar-refractivity contribution is -0.114. The number of nitrogens with zero attached hydrogens (tertiary/aromatic N) is 2. The summed E-state index contributed by atoms with van der Waals surface area (Å²) in [6.45, 7) is 2.74. The molecule has 0 saturated carbocycles. The molecule has 9 nitrogen and oxygen atoms in total. The van der Waals surface area contributed by atoms with Gasteiger partial charge in [-0.25, -0.2) is 12.7 Å². The van der Waals surface area contributed by atoms with Crippen LogP contribution in [0.1, 0.15) is 0 Å². The largest absolute Gasteiger partial charge is 0.495 e. The van der Waals surface area contributed by atoms with Crippen LogP contribution in [0.3, 0.4) is 0 Å². The zero-order chi connectivity index (χ0) is 23.3. The summed E-state index contributed by atoms with van der Waals surface area (Å²) in [5.74, 6) is -0.139. The van der Waals surface area contributed by atoms with Crippen LogP contribution in [0.2, 0.25) is 5.02 Å². The maximum absolute atomic E-state index is 12.6. The second kappa shape index (κ2) is 10.4. The number of morpholine rings is 1. The van der Waals surface area contributed by atoms with E-state index < -0.39 is 10.0 Å². The molecule has 2 aromatic carbocycles. The number of rotatable bonds is 8. The fraction of sp³-hybridized carbons (Fsp3) is 0.381. The Labute approximate surface area is 193 Å². The lowest BCUT2D eigenvalue weighted by Gasteiger charge is -2.30. The van der Waals surface area contributed by atoms with Gasteiger partial charge >= 0.3 is 0 Å². The standard InChI is InChI=1S/C21H27ClN4O5S/c1-25(2)32(28,29)20-13-16(5-7-19(20)30-3)24-21(27)14-23-17-12-15(22)4-6-18(17)26-8-10-31-11-9-26/h4-7,12-13,23H,8-11,14H2,1-3H3,(H,24,27). The van der Waals surface area contributed by atoms with E-state index in [1.54, 1.807) is 12.1 Å². The van der Waals surface area contributed by atoms with Crippen LogP contribution in [0.25, 0.3) is 0 Å². The van der Waals surface area contributed by atoms with Crippen molar-refractivity contribution in [1.82, 2.24) is 4.31 Å². The third-order valence-corrected chi connectivity index (χ3v) is 7.03. The van der Waals surface area contributed by atoms with Crippen molar-refractivity contribution in [3.63, 3.8) is 0 Å². The van der Waals surface area contributed by atoms with Crippen molar-refractivity contribution < 1.29 is 22.7 Å². The fourth-order valence-electron chi connectivity index (χ4n) is 3.26. The van der Waals surface area contributed by atoms with E-state index in [1.807, 2.05) is 12.1 Å². The van der Waals surface area contributed by atoms with Gasteiger partial charge in [-0.05, 0) is 36.4 Å². The Morgan fingerprint density at radius 2 is 1.91 bits per heavy atom. The molecule has 174 valence electrons. The van der Waals surface area contributed by atoms with E-state index in [2.05, 4.69) is 15.5 Å². The number of halogens is 1. The predicted molar refractivity (Wildman–Crippen MR) is 125 cm³/mol. The van der Waals surface area contributed by atoms with Crippen molar-refractivity contribution in [1.29, 1.82) is 0 Å². The Kier molecular flexibility index (Phi) is 7.83.